The van der Waals surface area contributed by atoms with Crippen molar-refractivity contribution >= 4 is 12.1 Å². The van der Waals surface area contributed by atoms with Crippen LogP contribution in [0.15, 0.2) is 12.1 Å². The maximum atomic E-state index is 12.1. The van der Waals surface area contributed by atoms with Crippen molar-refractivity contribution in [1.29, 1.82) is 0 Å². The van der Waals surface area contributed by atoms with Crippen molar-refractivity contribution in [3.63, 3.8) is 0 Å². The Kier molecular flexibility index (Phi) is 17.8. The molecule has 0 aliphatic carbocycles. The molecule has 0 aliphatic rings. The van der Waals surface area contributed by atoms with Gasteiger partial charge in [0, 0.05) is 0 Å². The van der Waals surface area contributed by atoms with Crippen molar-refractivity contribution < 1.29 is 29.1 Å². The van der Waals surface area contributed by atoms with Gasteiger partial charge in [-0.05, 0) is 38.3 Å². The first kappa shape index (κ1) is 31.0. The first-order valence-corrected chi connectivity index (χ1v) is 13.8. The maximum absolute atomic E-state index is 12.1. The number of ether oxygens (including phenoxy) is 1. The van der Waals surface area contributed by atoms with Gasteiger partial charge in [0.2, 0.25) is 0 Å². The fraction of sp³-hybridized carbons (Fsp3) is 0.724. The number of unbranched alkanes of at least 4 members (excludes halogenated alkanes) is 15. The highest BCUT2D eigenvalue weighted by molar-refractivity contribution is 5.92. The molecule has 0 spiro atoms. The van der Waals surface area contributed by atoms with E-state index in [1.807, 2.05) is 32.9 Å². The molecule has 0 atom stereocenters. The van der Waals surface area contributed by atoms with E-state index >= 15 is 0 Å². The molecule has 6 heteroatoms. The van der Waals surface area contributed by atoms with Crippen LogP contribution in [0.2, 0.25) is 0 Å². The minimum atomic E-state index is -1.02. The van der Waals surface area contributed by atoms with Crippen LogP contribution in [0.5, 0.6) is 0 Å². The third-order valence-corrected chi connectivity index (χ3v) is 6.31. The zero-order chi connectivity index (χ0) is 25.7. The minimum absolute atomic E-state index is 0.255. The molecule has 1 aromatic rings. The molecule has 35 heavy (non-hydrogen) atoms. The molecule has 0 bridgehead atoms. The highest BCUT2D eigenvalue weighted by atomic mass is 17.5. The summed E-state index contributed by atoms with van der Waals surface area (Å²) in [5, 5.41) is 4.31. The largest absolute Gasteiger partial charge is 0.543 e. The van der Waals surface area contributed by atoms with E-state index in [2.05, 4.69) is 21.7 Å². The Bertz CT molecular complexity index is 692. The van der Waals surface area contributed by atoms with Gasteiger partial charge in [-0.25, -0.2) is 14.5 Å². The third kappa shape index (κ3) is 15.5. The lowest BCUT2D eigenvalue weighted by Crippen LogP contribution is -2.14. The van der Waals surface area contributed by atoms with Crippen molar-refractivity contribution in [2.24, 2.45) is 0 Å². The quantitative estimate of drug-likeness (QED) is 0.0782. The molecule has 0 heterocycles. The summed E-state index contributed by atoms with van der Waals surface area (Å²) < 4.78 is 4.93. The third-order valence-electron chi connectivity index (χ3n) is 6.31. The van der Waals surface area contributed by atoms with Gasteiger partial charge >= 0.3 is 12.1 Å². The van der Waals surface area contributed by atoms with Gasteiger partial charge in [-0.2, -0.15) is 0 Å². The highest BCUT2D eigenvalue weighted by Gasteiger charge is 2.17. The second-order valence-corrected chi connectivity index (χ2v) is 9.70. The van der Waals surface area contributed by atoms with Gasteiger partial charge in [-0.15, -0.1) is 0 Å². The van der Waals surface area contributed by atoms with Gasteiger partial charge in [0.15, 0.2) is 0 Å². The number of carbonyl (C=O) groups is 2. The Hall–Kier alpha value is -2.08. The molecule has 0 radical (unpaired) electrons. The van der Waals surface area contributed by atoms with Gasteiger partial charge in [0.25, 0.3) is 0 Å². The fourth-order valence-corrected chi connectivity index (χ4v) is 4.45. The van der Waals surface area contributed by atoms with Gasteiger partial charge in [-0.1, -0.05) is 121 Å². The van der Waals surface area contributed by atoms with E-state index in [0.717, 1.165) is 36.0 Å². The van der Waals surface area contributed by atoms with E-state index in [4.69, 9.17) is 4.74 Å². The summed E-state index contributed by atoms with van der Waals surface area (Å²) >= 11 is 0. The van der Waals surface area contributed by atoms with Crippen LogP contribution in [-0.4, -0.2) is 18.7 Å². The number of carbonyl (C=O) groups excluding carboxylic acids is 2. The van der Waals surface area contributed by atoms with E-state index in [1.54, 1.807) is 0 Å². The number of rotatable bonds is 20. The Morgan fingerprint density at radius 2 is 1.06 bits per heavy atom. The molecule has 0 unspecified atom stereocenters. The van der Waals surface area contributed by atoms with E-state index in [0.29, 0.717) is 5.56 Å². The number of hydrogen-bond acceptors (Lipinski definition) is 6. The molecule has 0 N–H and O–H groups in total. The molecule has 0 aromatic heterocycles. The topological polar surface area (TPSA) is 71.1 Å². The van der Waals surface area contributed by atoms with Crippen LogP contribution in [0.25, 0.3) is 0 Å². The van der Waals surface area contributed by atoms with E-state index in [-0.39, 0.29) is 6.61 Å². The van der Waals surface area contributed by atoms with Crippen molar-refractivity contribution in [3.05, 3.63) is 34.4 Å². The first-order chi connectivity index (χ1) is 17.0. The summed E-state index contributed by atoms with van der Waals surface area (Å²) in [6.07, 6.45) is 19.6. The minimum Gasteiger partial charge on any atom is -0.432 e. The lowest BCUT2D eigenvalue weighted by molar-refractivity contribution is -0.452. The fourth-order valence-electron chi connectivity index (χ4n) is 4.45. The monoisotopic (exact) mass is 492 g/mol. The first-order valence-electron chi connectivity index (χ1n) is 13.8. The predicted octanol–water partition coefficient (Wildman–Crippen LogP) is 9.03. The Labute approximate surface area is 212 Å². The predicted molar refractivity (Wildman–Crippen MR) is 139 cm³/mol. The molecule has 0 saturated carbocycles. The number of hydrogen-bond donors (Lipinski definition) is 0. The van der Waals surface area contributed by atoms with E-state index in [1.165, 1.54) is 83.5 Å². The van der Waals surface area contributed by atoms with Crippen LogP contribution in [0, 0.1) is 20.8 Å². The summed E-state index contributed by atoms with van der Waals surface area (Å²) in [6, 6.07) is 3.74. The summed E-state index contributed by atoms with van der Waals surface area (Å²) in [7, 11) is 0. The van der Waals surface area contributed by atoms with Crippen LogP contribution in [0.1, 0.15) is 137 Å². The van der Waals surface area contributed by atoms with Crippen LogP contribution in [0.4, 0.5) is 4.79 Å². The molecular weight excluding hydrogens is 444 g/mol. The Balaban J connectivity index is 1.90. The van der Waals surface area contributed by atoms with Gasteiger partial charge < -0.3 is 4.74 Å². The van der Waals surface area contributed by atoms with Crippen molar-refractivity contribution in [3.8, 4) is 0 Å². The van der Waals surface area contributed by atoms with Crippen LogP contribution < -0.4 is 0 Å². The molecule has 6 nitrogen and oxygen atoms in total. The summed E-state index contributed by atoms with van der Waals surface area (Å²) in [6.45, 7) is 8.09. The van der Waals surface area contributed by atoms with E-state index in [9.17, 15) is 9.59 Å². The molecule has 0 aliphatic heterocycles. The van der Waals surface area contributed by atoms with Crippen LogP contribution in [-0.2, 0) is 19.6 Å². The zero-order valence-corrected chi connectivity index (χ0v) is 22.6. The van der Waals surface area contributed by atoms with Crippen molar-refractivity contribution in [2.45, 2.75) is 130 Å². The smallest absolute Gasteiger partial charge is 0.432 e. The Morgan fingerprint density at radius 1 is 0.629 bits per heavy atom. The molecule has 200 valence electrons. The normalized spacial score (nSPS) is 10.9. The molecular formula is C29H48O6. The Morgan fingerprint density at radius 3 is 1.51 bits per heavy atom. The molecule has 1 aromatic carbocycles. The number of aryl methyl sites for hydroxylation is 3. The summed E-state index contributed by atoms with van der Waals surface area (Å²) in [4.78, 5) is 32.6. The number of benzene rings is 1. The van der Waals surface area contributed by atoms with E-state index < -0.39 is 12.1 Å². The van der Waals surface area contributed by atoms with Gasteiger partial charge in [0.05, 0.1) is 17.2 Å². The molecule has 0 amide bonds. The second kappa shape index (κ2) is 20.1. The highest BCUT2D eigenvalue weighted by Crippen LogP contribution is 2.18. The standard InChI is InChI=1S/C29H48O6/c1-5-6-7-8-9-10-11-12-13-14-15-16-17-18-19-20-21-32-29(31)34-35-33-28(30)27-25(3)22-24(2)23-26(27)4/h22-23H,5-21H2,1-4H3. The summed E-state index contributed by atoms with van der Waals surface area (Å²) in [5.74, 6) is -0.717. The van der Waals surface area contributed by atoms with Crippen molar-refractivity contribution in [2.75, 3.05) is 6.61 Å². The van der Waals surface area contributed by atoms with Crippen LogP contribution >= 0.6 is 0 Å². The molecule has 1 rings (SSSR count). The SMILES string of the molecule is CCCCCCCCCCCCCCCCCCOC(=O)OOOC(=O)c1c(C)cc(C)cc1C. The molecule has 0 fully saturated rings. The average molecular weight is 493 g/mol. The lowest BCUT2D eigenvalue weighted by Gasteiger charge is -2.09. The van der Waals surface area contributed by atoms with Gasteiger partial charge in [-0.3, -0.25) is 4.89 Å². The van der Waals surface area contributed by atoms with Crippen molar-refractivity contribution in [1.82, 2.24) is 0 Å². The average Bonchev–Trinajstić information content (AvgIpc) is 2.80. The lowest BCUT2D eigenvalue weighted by atomic mass is 10.0. The van der Waals surface area contributed by atoms with Crippen LogP contribution in [0.3, 0.4) is 0 Å². The van der Waals surface area contributed by atoms with Gasteiger partial charge in [0.1, 0.15) is 0 Å². The maximum Gasteiger partial charge on any atom is 0.543 e. The molecule has 0 saturated heterocycles. The zero-order valence-electron chi connectivity index (χ0n) is 22.6. The second-order valence-electron chi connectivity index (χ2n) is 9.70. The summed E-state index contributed by atoms with van der Waals surface area (Å²) in [5.41, 5.74) is 2.97.